The molecule has 0 spiro atoms. The van der Waals surface area contributed by atoms with Gasteiger partial charge in [-0.2, -0.15) is 17.6 Å². The van der Waals surface area contributed by atoms with Crippen molar-refractivity contribution in [2.75, 3.05) is 35.2 Å². The van der Waals surface area contributed by atoms with E-state index in [1.54, 1.807) is 69.1 Å². The van der Waals surface area contributed by atoms with Crippen LogP contribution in [0.1, 0.15) is 13.3 Å². The highest BCUT2D eigenvalue weighted by molar-refractivity contribution is 8.14. The first-order chi connectivity index (χ1) is 25.6. The number of benzene rings is 2. The molecular formula is C35H32F4N10O2S2. The second kappa shape index (κ2) is 16.9. The van der Waals surface area contributed by atoms with E-state index in [2.05, 4.69) is 30.8 Å². The number of hydrogen-bond donors (Lipinski definition) is 2. The van der Waals surface area contributed by atoms with Gasteiger partial charge in [-0.05, 0) is 43.3 Å². The van der Waals surface area contributed by atoms with Crippen LogP contribution in [-0.4, -0.2) is 83.1 Å². The zero-order chi connectivity index (χ0) is 37.4. The zero-order valence-corrected chi connectivity index (χ0v) is 29.8. The maximum Gasteiger partial charge on any atom is 0.429 e. The van der Waals surface area contributed by atoms with Gasteiger partial charge in [0.25, 0.3) is 0 Å². The molecule has 53 heavy (non-hydrogen) atoms. The summed E-state index contributed by atoms with van der Waals surface area (Å²) in [5, 5.41) is 21.4. The molecule has 6 rings (SSSR count). The molecule has 0 fully saturated rings. The van der Waals surface area contributed by atoms with Gasteiger partial charge >= 0.3 is 6.18 Å². The number of aliphatic imine (C=N–C) groups is 1. The second-order valence-corrected chi connectivity index (χ2v) is 13.3. The number of hydrogen-bond acceptors (Lipinski definition) is 11. The van der Waals surface area contributed by atoms with Crippen molar-refractivity contribution >= 4 is 57.6 Å². The van der Waals surface area contributed by atoms with Crippen LogP contribution in [0.25, 0.3) is 11.4 Å². The third-order valence-corrected chi connectivity index (χ3v) is 9.68. The number of carbonyl (C=O) groups is 2. The van der Waals surface area contributed by atoms with E-state index >= 15 is 0 Å². The first-order valence-corrected chi connectivity index (χ1v) is 18.2. The highest BCUT2D eigenvalue weighted by Crippen LogP contribution is 2.34. The molecule has 18 heteroatoms. The Morgan fingerprint density at radius 1 is 0.887 bits per heavy atom. The molecule has 12 nitrogen and oxygen atoms in total. The number of hydrazone groups is 1. The van der Waals surface area contributed by atoms with Gasteiger partial charge in [-0.25, -0.2) is 9.99 Å². The Labute approximate surface area is 310 Å². The lowest BCUT2D eigenvalue weighted by Crippen LogP contribution is -2.32. The van der Waals surface area contributed by atoms with Crippen LogP contribution in [0.5, 0.6) is 0 Å². The molecular weight excluding hydrogens is 733 g/mol. The van der Waals surface area contributed by atoms with Gasteiger partial charge in [0.15, 0.2) is 16.1 Å². The predicted molar refractivity (Wildman–Crippen MR) is 197 cm³/mol. The summed E-state index contributed by atoms with van der Waals surface area (Å²) in [4.78, 5) is 34.6. The average molecular weight is 765 g/mol. The van der Waals surface area contributed by atoms with Crippen molar-refractivity contribution in [3.8, 4) is 11.4 Å². The summed E-state index contributed by atoms with van der Waals surface area (Å²) in [7, 11) is 0. The van der Waals surface area contributed by atoms with Crippen LogP contribution < -0.4 is 10.6 Å². The van der Waals surface area contributed by atoms with Gasteiger partial charge in [0.05, 0.1) is 18.1 Å². The summed E-state index contributed by atoms with van der Waals surface area (Å²) in [6.07, 6.45) is -1.20. The minimum absolute atomic E-state index is 0.0131. The van der Waals surface area contributed by atoms with Gasteiger partial charge in [0.1, 0.15) is 11.5 Å². The van der Waals surface area contributed by atoms with E-state index in [-0.39, 0.29) is 36.4 Å². The molecule has 2 amide bonds. The molecule has 0 saturated carbocycles. The smallest absolute Gasteiger partial charge is 0.325 e. The quantitative estimate of drug-likeness (QED) is 0.0928. The SMILES string of the molecule is CCN1C(SCC(=O)Nc2ccccc2)=NN(CCn2c(SCC(=O)Nc3ccccc3)nnc2-c2ccnc(F)c2)C1=C1C=CN=C(C(F)(F)F)C1. The lowest BCUT2D eigenvalue weighted by Gasteiger charge is -2.27. The van der Waals surface area contributed by atoms with Crippen LogP contribution in [0.15, 0.2) is 118 Å². The zero-order valence-electron chi connectivity index (χ0n) is 28.1. The van der Waals surface area contributed by atoms with Crippen molar-refractivity contribution in [2.45, 2.75) is 31.2 Å². The monoisotopic (exact) mass is 764 g/mol. The Morgan fingerprint density at radius 2 is 1.55 bits per heavy atom. The number of aromatic nitrogens is 4. The molecule has 2 aromatic carbocycles. The Hall–Kier alpha value is -5.49. The van der Waals surface area contributed by atoms with E-state index in [9.17, 15) is 27.2 Å². The summed E-state index contributed by atoms with van der Waals surface area (Å²) in [5.41, 5.74) is 1.01. The first-order valence-electron chi connectivity index (χ1n) is 16.3. The van der Waals surface area contributed by atoms with Crippen LogP contribution in [-0.2, 0) is 16.1 Å². The van der Waals surface area contributed by atoms with Crippen LogP contribution in [0, 0.1) is 5.95 Å². The number of amidine groups is 1. The Morgan fingerprint density at radius 3 is 2.17 bits per heavy atom. The van der Waals surface area contributed by atoms with Crippen molar-refractivity contribution in [2.24, 2.45) is 10.1 Å². The normalized spacial score (nSPS) is 15.7. The third-order valence-electron chi connectivity index (χ3n) is 7.75. The number of nitrogens with zero attached hydrogens (tertiary/aromatic N) is 8. The fraction of sp³-hybridized carbons (Fsp3) is 0.229. The maximum absolute atomic E-state index is 14.2. The number of thioether (sulfide) groups is 2. The fourth-order valence-electron chi connectivity index (χ4n) is 5.39. The Kier molecular flexibility index (Phi) is 11.9. The van der Waals surface area contributed by atoms with Crippen molar-refractivity contribution in [3.05, 3.63) is 109 Å². The summed E-state index contributed by atoms with van der Waals surface area (Å²) >= 11 is 2.26. The van der Waals surface area contributed by atoms with E-state index < -0.39 is 24.3 Å². The van der Waals surface area contributed by atoms with E-state index in [4.69, 9.17) is 5.10 Å². The maximum atomic E-state index is 14.2. The minimum Gasteiger partial charge on any atom is -0.325 e. The van der Waals surface area contributed by atoms with E-state index in [1.807, 2.05) is 19.1 Å². The summed E-state index contributed by atoms with van der Waals surface area (Å²) in [6.45, 7) is 2.40. The lowest BCUT2D eigenvalue weighted by atomic mass is 10.1. The predicted octanol–water partition coefficient (Wildman–Crippen LogP) is 6.62. The molecule has 0 bridgehead atoms. The molecule has 0 radical (unpaired) electrons. The summed E-state index contributed by atoms with van der Waals surface area (Å²) < 4.78 is 57.4. The van der Waals surface area contributed by atoms with Gasteiger partial charge in [-0.15, -0.1) is 15.3 Å². The van der Waals surface area contributed by atoms with Gasteiger partial charge in [0.2, 0.25) is 17.8 Å². The van der Waals surface area contributed by atoms with E-state index in [1.165, 1.54) is 18.3 Å². The van der Waals surface area contributed by atoms with Crippen molar-refractivity contribution in [1.82, 2.24) is 29.7 Å². The molecule has 2 aromatic heterocycles. The standard InChI is InChI=1S/C35H32F4N10O2S2/c1-2-47-32(24-14-15-40-27(19-24)35(37,38)39)49(46-34(47)53-22-30(51)43-26-11-7-4-8-12-26)18-17-48-31(23-13-16-41-28(36)20-23)44-45-33(48)52-21-29(50)42-25-9-5-3-6-10-25/h3-16,20H,2,17-19,21-22H2,1H3,(H,42,50)(H,43,51). The van der Waals surface area contributed by atoms with Gasteiger partial charge in [-0.3, -0.25) is 14.6 Å². The molecule has 0 saturated heterocycles. The van der Waals surface area contributed by atoms with Crippen molar-refractivity contribution < 1.29 is 27.2 Å². The molecule has 0 atom stereocenters. The third kappa shape index (κ3) is 9.50. The number of anilines is 2. The summed E-state index contributed by atoms with van der Waals surface area (Å²) in [6, 6.07) is 20.7. The molecule has 2 N–H and O–H groups in total. The minimum atomic E-state index is -4.64. The number of carbonyl (C=O) groups excluding carboxylic acids is 2. The lowest BCUT2D eigenvalue weighted by molar-refractivity contribution is -0.114. The number of rotatable bonds is 12. The highest BCUT2D eigenvalue weighted by atomic mass is 32.2. The van der Waals surface area contributed by atoms with Gasteiger partial charge in [-0.1, -0.05) is 59.9 Å². The number of amides is 2. The van der Waals surface area contributed by atoms with Gasteiger partial charge in [0, 0.05) is 60.5 Å². The Balaban J connectivity index is 1.28. The molecule has 4 heterocycles. The van der Waals surface area contributed by atoms with Crippen molar-refractivity contribution in [3.63, 3.8) is 0 Å². The number of allylic oxidation sites excluding steroid dienone is 2. The highest BCUT2D eigenvalue weighted by Gasteiger charge is 2.39. The largest absolute Gasteiger partial charge is 0.429 e. The Bertz CT molecular complexity index is 2070. The fourth-order valence-corrected chi connectivity index (χ4v) is 7.02. The van der Waals surface area contributed by atoms with Crippen molar-refractivity contribution in [1.29, 1.82) is 0 Å². The van der Waals surface area contributed by atoms with Gasteiger partial charge < -0.3 is 20.1 Å². The number of para-hydroxylation sites is 2. The summed E-state index contributed by atoms with van der Waals surface area (Å²) in [5.74, 6) is -0.646. The average Bonchev–Trinajstić information content (AvgIpc) is 3.73. The van der Waals surface area contributed by atoms with Crippen LogP contribution in [0.2, 0.25) is 0 Å². The molecule has 0 unspecified atom stereocenters. The molecule has 274 valence electrons. The number of pyridine rings is 1. The van der Waals surface area contributed by atoms with E-state index in [0.717, 1.165) is 29.7 Å². The number of halogens is 4. The molecule has 2 aliphatic heterocycles. The number of alkyl halides is 3. The molecule has 0 aliphatic carbocycles. The first kappa shape index (κ1) is 37.3. The van der Waals surface area contributed by atoms with Crippen LogP contribution in [0.4, 0.5) is 28.9 Å². The van der Waals surface area contributed by atoms with E-state index in [0.29, 0.717) is 51.0 Å². The number of nitrogens with one attached hydrogen (secondary N) is 2. The van der Waals surface area contributed by atoms with Crippen LogP contribution >= 0.6 is 23.5 Å². The topological polar surface area (TPSA) is 133 Å². The molecule has 2 aliphatic rings. The van der Waals surface area contributed by atoms with Crippen LogP contribution in [0.3, 0.4) is 0 Å². The molecule has 4 aromatic rings. The second-order valence-electron chi connectivity index (χ2n) is 11.4.